The molecule has 1 aliphatic rings. The molecule has 0 aliphatic carbocycles. The summed E-state index contributed by atoms with van der Waals surface area (Å²) in [6, 6.07) is 7.65. The minimum atomic E-state index is -0.198. The second-order valence-electron chi connectivity index (χ2n) is 5.71. The summed E-state index contributed by atoms with van der Waals surface area (Å²) in [7, 11) is 0. The van der Waals surface area contributed by atoms with Gasteiger partial charge < -0.3 is 10.2 Å². The third-order valence-electron chi connectivity index (χ3n) is 3.91. The number of benzene rings is 1. The lowest BCUT2D eigenvalue weighted by molar-refractivity contribution is 0.102. The van der Waals surface area contributed by atoms with Crippen molar-refractivity contribution in [1.29, 1.82) is 0 Å². The van der Waals surface area contributed by atoms with Crippen LogP contribution < -0.4 is 10.2 Å². The van der Waals surface area contributed by atoms with E-state index in [4.69, 9.17) is 0 Å². The second-order valence-corrected chi connectivity index (χ2v) is 5.71. The van der Waals surface area contributed by atoms with Gasteiger partial charge >= 0.3 is 0 Å². The molecule has 1 fully saturated rings. The predicted molar refractivity (Wildman–Crippen MR) is 87.3 cm³/mol. The Balaban J connectivity index is 1.80. The number of aromatic nitrogens is 2. The van der Waals surface area contributed by atoms with Crippen LogP contribution in [0.4, 0.5) is 11.6 Å². The minimum Gasteiger partial charge on any atom is -0.341 e. The molecule has 1 aromatic heterocycles. The highest BCUT2D eigenvalue weighted by Crippen LogP contribution is 2.18. The fraction of sp³-hybridized carbons (Fsp3) is 0.353. The van der Waals surface area contributed by atoms with Gasteiger partial charge in [-0.25, -0.2) is 9.97 Å². The first-order chi connectivity index (χ1) is 10.6. The molecule has 3 rings (SSSR count). The van der Waals surface area contributed by atoms with Crippen molar-refractivity contribution in [3.05, 3.63) is 47.3 Å². The number of anilines is 2. The SMILES string of the molecule is Cc1ccc(C)c(NC(=O)c2ccnc(N3CCCC3)n2)c1. The number of hydrogen-bond acceptors (Lipinski definition) is 4. The number of amides is 1. The van der Waals surface area contributed by atoms with E-state index in [0.717, 1.165) is 42.7 Å². The standard InChI is InChI=1S/C17H20N4O/c1-12-5-6-13(2)15(11-12)19-16(22)14-7-8-18-17(20-14)21-9-3-4-10-21/h5-8,11H,3-4,9-10H2,1-2H3,(H,19,22). The lowest BCUT2D eigenvalue weighted by Gasteiger charge is -2.15. The van der Waals surface area contributed by atoms with E-state index in [1.54, 1.807) is 12.3 Å². The zero-order chi connectivity index (χ0) is 15.5. The highest BCUT2D eigenvalue weighted by molar-refractivity contribution is 6.03. The van der Waals surface area contributed by atoms with Crippen LogP contribution in [0.2, 0.25) is 0 Å². The Labute approximate surface area is 130 Å². The first-order valence-electron chi connectivity index (χ1n) is 7.60. The largest absolute Gasteiger partial charge is 0.341 e. The van der Waals surface area contributed by atoms with Gasteiger partial charge in [-0.05, 0) is 49.9 Å². The molecule has 1 amide bonds. The number of carbonyl (C=O) groups is 1. The third kappa shape index (κ3) is 3.08. The summed E-state index contributed by atoms with van der Waals surface area (Å²) in [5, 5.41) is 2.94. The van der Waals surface area contributed by atoms with Crippen LogP contribution in [0, 0.1) is 13.8 Å². The zero-order valence-corrected chi connectivity index (χ0v) is 13.0. The Hall–Kier alpha value is -2.43. The summed E-state index contributed by atoms with van der Waals surface area (Å²) in [4.78, 5) is 23.2. The molecule has 0 saturated carbocycles. The van der Waals surface area contributed by atoms with Crippen molar-refractivity contribution in [2.75, 3.05) is 23.3 Å². The van der Waals surface area contributed by atoms with E-state index >= 15 is 0 Å². The van der Waals surface area contributed by atoms with E-state index in [1.807, 2.05) is 32.0 Å². The smallest absolute Gasteiger partial charge is 0.274 e. The lowest BCUT2D eigenvalue weighted by atomic mass is 10.1. The van der Waals surface area contributed by atoms with Gasteiger partial charge in [0.05, 0.1) is 0 Å². The highest BCUT2D eigenvalue weighted by atomic mass is 16.1. The van der Waals surface area contributed by atoms with E-state index in [0.29, 0.717) is 11.6 Å². The molecule has 0 spiro atoms. The quantitative estimate of drug-likeness (QED) is 0.946. The van der Waals surface area contributed by atoms with E-state index < -0.39 is 0 Å². The summed E-state index contributed by atoms with van der Waals surface area (Å²) in [5.74, 6) is 0.447. The first-order valence-corrected chi connectivity index (χ1v) is 7.60. The average molecular weight is 296 g/mol. The molecule has 1 aromatic carbocycles. The Bertz CT molecular complexity index is 693. The molecule has 5 heteroatoms. The van der Waals surface area contributed by atoms with E-state index in [1.165, 1.54) is 0 Å². The van der Waals surface area contributed by atoms with Gasteiger partial charge in [0.25, 0.3) is 5.91 Å². The van der Waals surface area contributed by atoms with Crippen molar-refractivity contribution in [2.24, 2.45) is 0 Å². The number of rotatable bonds is 3. The molecule has 114 valence electrons. The summed E-state index contributed by atoms with van der Waals surface area (Å²) in [5.41, 5.74) is 3.37. The van der Waals surface area contributed by atoms with Crippen LogP contribution in [0.5, 0.6) is 0 Å². The van der Waals surface area contributed by atoms with Crippen molar-refractivity contribution >= 4 is 17.5 Å². The summed E-state index contributed by atoms with van der Waals surface area (Å²) >= 11 is 0. The van der Waals surface area contributed by atoms with Crippen LogP contribution in [0.25, 0.3) is 0 Å². The Morgan fingerprint density at radius 1 is 1.18 bits per heavy atom. The lowest BCUT2D eigenvalue weighted by Crippen LogP contribution is -2.22. The normalized spacial score (nSPS) is 14.2. The summed E-state index contributed by atoms with van der Waals surface area (Å²) in [6.07, 6.45) is 3.96. The monoisotopic (exact) mass is 296 g/mol. The molecule has 22 heavy (non-hydrogen) atoms. The molecule has 0 radical (unpaired) electrons. The van der Waals surface area contributed by atoms with Crippen molar-refractivity contribution in [1.82, 2.24) is 9.97 Å². The maximum absolute atomic E-state index is 12.4. The second kappa shape index (κ2) is 6.13. The van der Waals surface area contributed by atoms with Crippen LogP contribution in [-0.2, 0) is 0 Å². The number of nitrogens with zero attached hydrogens (tertiary/aromatic N) is 3. The molecule has 2 aromatic rings. The van der Waals surface area contributed by atoms with E-state index in [2.05, 4.69) is 20.2 Å². The molecular weight excluding hydrogens is 276 g/mol. The predicted octanol–water partition coefficient (Wildman–Crippen LogP) is 2.95. The molecule has 1 aliphatic heterocycles. The number of hydrogen-bond donors (Lipinski definition) is 1. The van der Waals surface area contributed by atoms with Crippen molar-refractivity contribution < 1.29 is 4.79 Å². The van der Waals surface area contributed by atoms with Gasteiger partial charge in [-0.1, -0.05) is 12.1 Å². The Morgan fingerprint density at radius 3 is 2.73 bits per heavy atom. The third-order valence-corrected chi connectivity index (χ3v) is 3.91. The van der Waals surface area contributed by atoms with Crippen LogP contribution >= 0.6 is 0 Å². The summed E-state index contributed by atoms with van der Waals surface area (Å²) in [6.45, 7) is 5.90. The fourth-order valence-electron chi connectivity index (χ4n) is 2.60. The number of nitrogens with one attached hydrogen (secondary N) is 1. The van der Waals surface area contributed by atoms with Gasteiger partial charge in [-0.15, -0.1) is 0 Å². The molecule has 0 unspecified atom stereocenters. The van der Waals surface area contributed by atoms with E-state index in [9.17, 15) is 4.79 Å². The van der Waals surface area contributed by atoms with Gasteiger partial charge in [-0.2, -0.15) is 0 Å². The van der Waals surface area contributed by atoms with Crippen LogP contribution in [-0.4, -0.2) is 29.0 Å². The highest BCUT2D eigenvalue weighted by Gasteiger charge is 2.17. The van der Waals surface area contributed by atoms with Gasteiger partial charge in [-0.3, -0.25) is 4.79 Å². The van der Waals surface area contributed by atoms with Crippen molar-refractivity contribution in [2.45, 2.75) is 26.7 Å². The van der Waals surface area contributed by atoms with Gasteiger partial charge in [0.15, 0.2) is 0 Å². The number of carbonyl (C=O) groups excluding carboxylic acids is 1. The van der Waals surface area contributed by atoms with Gasteiger partial charge in [0, 0.05) is 25.0 Å². The van der Waals surface area contributed by atoms with Crippen LogP contribution in [0.1, 0.15) is 34.5 Å². The molecule has 2 heterocycles. The topological polar surface area (TPSA) is 58.1 Å². The average Bonchev–Trinajstić information content (AvgIpc) is 3.05. The van der Waals surface area contributed by atoms with E-state index in [-0.39, 0.29) is 5.91 Å². The maximum Gasteiger partial charge on any atom is 0.274 e. The molecular formula is C17H20N4O. The molecule has 0 bridgehead atoms. The van der Waals surface area contributed by atoms with Crippen molar-refractivity contribution in [3.8, 4) is 0 Å². The molecule has 0 atom stereocenters. The van der Waals surface area contributed by atoms with Gasteiger partial charge in [0.2, 0.25) is 5.95 Å². The molecule has 1 N–H and O–H groups in total. The fourth-order valence-corrected chi connectivity index (χ4v) is 2.60. The van der Waals surface area contributed by atoms with Gasteiger partial charge in [0.1, 0.15) is 5.69 Å². The molecule has 1 saturated heterocycles. The van der Waals surface area contributed by atoms with Crippen molar-refractivity contribution in [3.63, 3.8) is 0 Å². The molecule has 5 nitrogen and oxygen atoms in total. The Kier molecular flexibility index (Phi) is 4.04. The Morgan fingerprint density at radius 2 is 1.95 bits per heavy atom. The number of aryl methyl sites for hydroxylation is 2. The first kappa shape index (κ1) is 14.5. The maximum atomic E-state index is 12.4. The zero-order valence-electron chi connectivity index (χ0n) is 13.0. The summed E-state index contributed by atoms with van der Waals surface area (Å²) < 4.78 is 0. The van der Waals surface area contributed by atoms with Crippen LogP contribution in [0.3, 0.4) is 0 Å². The minimum absolute atomic E-state index is 0.198. The van der Waals surface area contributed by atoms with Crippen LogP contribution in [0.15, 0.2) is 30.5 Å².